The van der Waals surface area contributed by atoms with Crippen LogP contribution in [0.3, 0.4) is 0 Å². The average molecular weight is 437 g/mol. The highest BCUT2D eigenvalue weighted by molar-refractivity contribution is 6.46. The number of nitrogens with zero attached hydrogens (tertiary/aromatic N) is 2. The number of rotatable bonds is 6. The zero-order chi connectivity index (χ0) is 23.6. The molecule has 0 saturated carbocycles. The molecule has 1 aliphatic rings. The molecule has 0 radical (unpaired) electrons. The topological polar surface area (TPSA) is 70.1 Å². The van der Waals surface area contributed by atoms with Crippen LogP contribution in [0.25, 0.3) is 5.76 Å². The number of ether oxygens (including phenoxy) is 1. The van der Waals surface area contributed by atoms with Gasteiger partial charge in [0.1, 0.15) is 11.5 Å². The monoisotopic (exact) mass is 436 g/mol. The van der Waals surface area contributed by atoms with Gasteiger partial charge in [0, 0.05) is 18.7 Å². The number of benzene rings is 2. The minimum Gasteiger partial charge on any atom is -0.507 e. The van der Waals surface area contributed by atoms with E-state index in [0.29, 0.717) is 24.4 Å². The van der Waals surface area contributed by atoms with Gasteiger partial charge in [-0.3, -0.25) is 9.59 Å². The van der Waals surface area contributed by atoms with Gasteiger partial charge < -0.3 is 19.6 Å². The molecular formula is C26H32N2O4. The first-order valence-electron chi connectivity index (χ1n) is 10.7. The van der Waals surface area contributed by atoms with Crippen LogP contribution in [0, 0.1) is 0 Å². The van der Waals surface area contributed by atoms with Crippen molar-refractivity contribution in [2.75, 3.05) is 34.3 Å². The number of carbonyl (C=O) groups is 2. The number of ketones is 1. The van der Waals surface area contributed by atoms with Crippen molar-refractivity contribution in [3.05, 3.63) is 70.8 Å². The molecule has 1 amide bonds. The van der Waals surface area contributed by atoms with E-state index < -0.39 is 17.7 Å². The summed E-state index contributed by atoms with van der Waals surface area (Å²) < 4.78 is 5.18. The molecule has 0 aliphatic carbocycles. The van der Waals surface area contributed by atoms with Gasteiger partial charge in [-0.15, -0.1) is 0 Å². The molecule has 1 aliphatic heterocycles. The molecule has 2 aromatic rings. The van der Waals surface area contributed by atoms with Crippen LogP contribution in [0.15, 0.2) is 54.1 Å². The number of carbonyl (C=O) groups excluding carboxylic acids is 2. The molecular weight excluding hydrogens is 404 g/mol. The first-order chi connectivity index (χ1) is 15.0. The number of Topliss-reactive ketones (excluding diaryl/α,β-unsaturated/α-hetero) is 1. The van der Waals surface area contributed by atoms with E-state index in [1.54, 1.807) is 36.3 Å². The second-order valence-electron chi connectivity index (χ2n) is 9.40. The highest BCUT2D eigenvalue weighted by atomic mass is 16.5. The third-order valence-corrected chi connectivity index (χ3v) is 5.78. The smallest absolute Gasteiger partial charge is 0.295 e. The maximum atomic E-state index is 13.1. The Labute approximate surface area is 190 Å². The molecule has 2 aromatic carbocycles. The Kier molecular flexibility index (Phi) is 6.74. The van der Waals surface area contributed by atoms with E-state index >= 15 is 0 Å². The predicted molar refractivity (Wildman–Crippen MR) is 126 cm³/mol. The molecule has 1 N–H and O–H groups in total. The molecule has 1 heterocycles. The largest absolute Gasteiger partial charge is 0.507 e. The van der Waals surface area contributed by atoms with Gasteiger partial charge in [0.15, 0.2) is 0 Å². The van der Waals surface area contributed by atoms with Gasteiger partial charge in [-0.2, -0.15) is 0 Å². The summed E-state index contributed by atoms with van der Waals surface area (Å²) in [5, 5.41) is 11.1. The molecule has 6 nitrogen and oxygen atoms in total. The maximum Gasteiger partial charge on any atom is 0.295 e. The Bertz CT molecular complexity index is 1020. The zero-order valence-corrected chi connectivity index (χ0v) is 19.7. The lowest BCUT2D eigenvalue weighted by Crippen LogP contribution is -2.35. The van der Waals surface area contributed by atoms with E-state index in [1.165, 1.54) is 0 Å². The van der Waals surface area contributed by atoms with Crippen LogP contribution in [0.2, 0.25) is 0 Å². The lowest BCUT2D eigenvalue weighted by molar-refractivity contribution is -0.140. The van der Waals surface area contributed by atoms with E-state index in [1.807, 2.05) is 43.3 Å². The number of hydrogen-bond acceptors (Lipinski definition) is 5. The van der Waals surface area contributed by atoms with Crippen LogP contribution in [0.1, 0.15) is 43.5 Å². The molecule has 6 heteroatoms. The number of methoxy groups -OCH3 is 1. The van der Waals surface area contributed by atoms with Crippen molar-refractivity contribution in [3.63, 3.8) is 0 Å². The van der Waals surface area contributed by atoms with Crippen molar-refractivity contribution in [1.82, 2.24) is 9.80 Å². The molecule has 0 bridgehead atoms. The van der Waals surface area contributed by atoms with E-state index in [-0.39, 0.29) is 16.7 Å². The van der Waals surface area contributed by atoms with Crippen LogP contribution in [-0.2, 0) is 15.0 Å². The number of likely N-dealkylation sites (N-methyl/N-ethyl adjacent to an activating group) is 1. The Morgan fingerprint density at radius 3 is 2.12 bits per heavy atom. The second-order valence-corrected chi connectivity index (χ2v) is 9.40. The number of likely N-dealkylation sites (tertiary alicyclic amines) is 1. The summed E-state index contributed by atoms with van der Waals surface area (Å²) in [5.41, 5.74) is 2.51. The molecule has 1 saturated heterocycles. The Morgan fingerprint density at radius 1 is 1.03 bits per heavy atom. The normalized spacial score (nSPS) is 18.5. The minimum absolute atomic E-state index is 0.0195. The first-order valence-corrected chi connectivity index (χ1v) is 10.7. The van der Waals surface area contributed by atoms with Crippen molar-refractivity contribution in [1.29, 1.82) is 0 Å². The summed E-state index contributed by atoms with van der Waals surface area (Å²) in [7, 11) is 5.40. The van der Waals surface area contributed by atoms with Crippen molar-refractivity contribution < 1.29 is 19.4 Å². The number of aliphatic hydroxyl groups excluding tert-OH is 1. The quantitative estimate of drug-likeness (QED) is 0.421. The van der Waals surface area contributed by atoms with Crippen LogP contribution in [0.4, 0.5) is 0 Å². The fourth-order valence-electron chi connectivity index (χ4n) is 3.83. The molecule has 32 heavy (non-hydrogen) atoms. The summed E-state index contributed by atoms with van der Waals surface area (Å²) in [6.45, 7) is 7.38. The van der Waals surface area contributed by atoms with E-state index in [0.717, 1.165) is 11.1 Å². The SMILES string of the molecule is COc1ccc(C(O)=C2C(=O)C(=O)N(CCN(C)C)[C@H]2c2ccc(C(C)(C)C)cc2)cc1. The van der Waals surface area contributed by atoms with E-state index in [2.05, 4.69) is 20.8 Å². The number of aliphatic hydroxyl groups is 1. The fraction of sp³-hybridized carbons (Fsp3) is 0.385. The Hall–Kier alpha value is -3.12. The maximum absolute atomic E-state index is 13.1. The van der Waals surface area contributed by atoms with Crippen molar-refractivity contribution in [2.24, 2.45) is 0 Å². The Morgan fingerprint density at radius 2 is 1.62 bits per heavy atom. The second kappa shape index (κ2) is 9.17. The lowest BCUT2D eigenvalue weighted by Gasteiger charge is -2.27. The summed E-state index contributed by atoms with van der Waals surface area (Å²) in [4.78, 5) is 29.5. The molecule has 0 spiro atoms. The summed E-state index contributed by atoms with van der Waals surface area (Å²) >= 11 is 0. The lowest BCUT2D eigenvalue weighted by atomic mass is 9.85. The third kappa shape index (κ3) is 4.70. The molecule has 0 aromatic heterocycles. The van der Waals surface area contributed by atoms with Crippen LogP contribution in [-0.4, -0.2) is 60.9 Å². The van der Waals surface area contributed by atoms with Crippen LogP contribution >= 0.6 is 0 Å². The Balaban J connectivity index is 2.12. The highest BCUT2D eigenvalue weighted by Crippen LogP contribution is 2.40. The van der Waals surface area contributed by atoms with Crippen molar-refractivity contribution in [3.8, 4) is 5.75 Å². The molecule has 3 rings (SSSR count). The molecule has 1 fully saturated rings. The van der Waals surface area contributed by atoms with Gasteiger partial charge >= 0.3 is 0 Å². The third-order valence-electron chi connectivity index (χ3n) is 5.78. The average Bonchev–Trinajstić information content (AvgIpc) is 3.01. The zero-order valence-electron chi connectivity index (χ0n) is 19.7. The first kappa shape index (κ1) is 23.5. The summed E-state index contributed by atoms with van der Waals surface area (Å²) in [6, 6.07) is 14.1. The standard InChI is InChI=1S/C26H32N2O4/c1-26(2,3)19-11-7-17(8-12-19)22-21(23(29)18-9-13-20(32-6)14-10-18)24(30)25(31)28(22)16-15-27(4)5/h7-14,22,29H,15-16H2,1-6H3/t22-/m0/s1. The van der Waals surface area contributed by atoms with Gasteiger partial charge in [-0.1, -0.05) is 45.0 Å². The number of amides is 1. The van der Waals surface area contributed by atoms with Gasteiger partial charge in [0.25, 0.3) is 11.7 Å². The molecule has 0 unspecified atom stereocenters. The van der Waals surface area contributed by atoms with Crippen molar-refractivity contribution in [2.45, 2.75) is 32.2 Å². The van der Waals surface area contributed by atoms with Gasteiger partial charge in [-0.05, 0) is 54.9 Å². The number of hydrogen-bond donors (Lipinski definition) is 1. The van der Waals surface area contributed by atoms with Gasteiger partial charge in [0.05, 0.1) is 18.7 Å². The molecule has 1 atom stereocenters. The fourth-order valence-corrected chi connectivity index (χ4v) is 3.83. The predicted octanol–water partition coefficient (Wildman–Crippen LogP) is 3.98. The van der Waals surface area contributed by atoms with Crippen LogP contribution in [0.5, 0.6) is 5.75 Å². The van der Waals surface area contributed by atoms with Crippen molar-refractivity contribution >= 4 is 17.4 Å². The summed E-state index contributed by atoms with van der Waals surface area (Å²) in [6.07, 6.45) is 0. The molecule has 170 valence electrons. The summed E-state index contributed by atoms with van der Waals surface area (Å²) in [5.74, 6) is -0.792. The van der Waals surface area contributed by atoms with E-state index in [4.69, 9.17) is 4.74 Å². The minimum atomic E-state index is -0.665. The highest BCUT2D eigenvalue weighted by Gasteiger charge is 2.45. The van der Waals surface area contributed by atoms with Crippen LogP contribution < -0.4 is 4.74 Å². The van der Waals surface area contributed by atoms with E-state index in [9.17, 15) is 14.7 Å². The van der Waals surface area contributed by atoms with Gasteiger partial charge in [0.2, 0.25) is 0 Å². The van der Waals surface area contributed by atoms with Gasteiger partial charge in [-0.25, -0.2) is 0 Å².